The van der Waals surface area contributed by atoms with Gasteiger partial charge in [-0.25, -0.2) is 0 Å². The second-order valence-electron chi connectivity index (χ2n) is 7.15. The Morgan fingerprint density at radius 3 is 2.82 bits per heavy atom. The van der Waals surface area contributed by atoms with Crippen molar-refractivity contribution in [2.24, 2.45) is 0 Å². The van der Waals surface area contributed by atoms with Gasteiger partial charge >= 0.3 is 0 Å². The van der Waals surface area contributed by atoms with Gasteiger partial charge in [-0.15, -0.1) is 0 Å². The van der Waals surface area contributed by atoms with Crippen molar-refractivity contribution in [3.63, 3.8) is 0 Å². The summed E-state index contributed by atoms with van der Waals surface area (Å²) in [7, 11) is 0. The third kappa shape index (κ3) is 3.94. The number of hydrogen-bond donors (Lipinski definition) is 2. The van der Waals surface area contributed by atoms with E-state index in [0.29, 0.717) is 25.3 Å². The van der Waals surface area contributed by atoms with E-state index < -0.39 is 6.04 Å². The largest absolute Gasteiger partial charge is 0.465 e. The number of nitrogens with zero attached hydrogens (tertiary/aromatic N) is 1. The van der Waals surface area contributed by atoms with Crippen LogP contribution in [0.15, 0.2) is 45.2 Å². The molecule has 0 bridgehead atoms. The number of nitrogens with one attached hydrogen (secondary N) is 2. The monoisotopic (exact) mass is 381 g/mol. The fraction of sp³-hybridized carbons (Fsp3) is 0.333. The number of anilines is 1. The highest BCUT2D eigenvalue weighted by molar-refractivity contribution is 5.97. The van der Waals surface area contributed by atoms with Crippen LogP contribution in [0.4, 0.5) is 5.69 Å². The number of carbonyl (C=O) groups is 2. The molecule has 2 aromatic heterocycles. The number of piperazine rings is 1. The molecule has 1 fully saturated rings. The van der Waals surface area contributed by atoms with Crippen LogP contribution in [-0.4, -0.2) is 35.8 Å². The Kier molecular flexibility index (Phi) is 4.92. The maximum atomic E-state index is 12.6. The van der Waals surface area contributed by atoms with E-state index in [9.17, 15) is 9.59 Å². The predicted molar refractivity (Wildman–Crippen MR) is 105 cm³/mol. The Morgan fingerprint density at radius 2 is 2.04 bits per heavy atom. The van der Waals surface area contributed by atoms with Crippen LogP contribution >= 0.6 is 0 Å². The third-order valence-electron chi connectivity index (χ3n) is 4.90. The van der Waals surface area contributed by atoms with E-state index >= 15 is 0 Å². The first-order chi connectivity index (χ1) is 13.5. The number of aryl methyl sites for hydroxylation is 2. The second-order valence-corrected chi connectivity index (χ2v) is 7.15. The second kappa shape index (κ2) is 7.52. The maximum absolute atomic E-state index is 12.6. The van der Waals surface area contributed by atoms with Gasteiger partial charge in [-0.2, -0.15) is 0 Å². The van der Waals surface area contributed by atoms with Gasteiger partial charge in [0.2, 0.25) is 11.8 Å². The SMILES string of the molecule is Cc1ccc(CN2CCNC(=O)[C@@H]2CC(=O)Nc2ccc3oc(C)cc3c2)o1. The van der Waals surface area contributed by atoms with Crippen molar-refractivity contribution in [3.05, 3.63) is 53.7 Å². The van der Waals surface area contributed by atoms with Gasteiger partial charge in [0.05, 0.1) is 19.0 Å². The molecule has 0 unspecified atom stereocenters. The fourth-order valence-electron chi connectivity index (χ4n) is 3.58. The van der Waals surface area contributed by atoms with Gasteiger partial charge in [-0.3, -0.25) is 14.5 Å². The molecule has 0 radical (unpaired) electrons. The Bertz CT molecular complexity index is 1020. The van der Waals surface area contributed by atoms with E-state index in [1.54, 1.807) is 6.07 Å². The van der Waals surface area contributed by atoms with Crippen LogP contribution in [0.5, 0.6) is 0 Å². The van der Waals surface area contributed by atoms with Gasteiger partial charge in [-0.1, -0.05) is 0 Å². The lowest BCUT2D eigenvalue weighted by Gasteiger charge is -2.34. The lowest BCUT2D eigenvalue weighted by molar-refractivity contribution is -0.132. The molecule has 1 aromatic carbocycles. The first kappa shape index (κ1) is 18.3. The van der Waals surface area contributed by atoms with E-state index in [1.165, 1.54) is 0 Å². The zero-order valence-corrected chi connectivity index (χ0v) is 16.0. The molecule has 0 saturated carbocycles. The number of amides is 2. The van der Waals surface area contributed by atoms with E-state index in [4.69, 9.17) is 8.83 Å². The summed E-state index contributed by atoms with van der Waals surface area (Å²) < 4.78 is 11.2. The predicted octanol–water partition coefficient (Wildman–Crippen LogP) is 2.97. The smallest absolute Gasteiger partial charge is 0.237 e. The van der Waals surface area contributed by atoms with Gasteiger partial charge in [0.1, 0.15) is 22.9 Å². The van der Waals surface area contributed by atoms with Crippen molar-refractivity contribution < 1.29 is 18.4 Å². The van der Waals surface area contributed by atoms with Crippen LogP contribution in [-0.2, 0) is 16.1 Å². The molecule has 1 atom stereocenters. The summed E-state index contributed by atoms with van der Waals surface area (Å²) in [6, 6.07) is 10.7. The normalized spacial score (nSPS) is 17.6. The average Bonchev–Trinajstić information content (AvgIpc) is 3.22. The van der Waals surface area contributed by atoms with E-state index in [1.807, 2.05) is 49.1 Å². The lowest BCUT2D eigenvalue weighted by atomic mass is 10.1. The molecule has 2 N–H and O–H groups in total. The molecule has 1 saturated heterocycles. The van der Waals surface area contributed by atoms with E-state index in [-0.39, 0.29) is 18.2 Å². The number of fused-ring (bicyclic) bond motifs is 1. The van der Waals surface area contributed by atoms with Crippen molar-refractivity contribution in [1.82, 2.24) is 10.2 Å². The molecule has 0 spiro atoms. The Morgan fingerprint density at radius 1 is 1.18 bits per heavy atom. The summed E-state index contributed by atoms with van der Waals surface area (Å²) in [5.74, 6) is 2.10. The lowest BCUT2D eigenvalue weighted by Crippen LogP contribution is -2.55. The van der Waals surface area contributed by atoms with Crippen LogP contribution in [0, 0.1) is 13.8 Å². The Hall–Kier alpha value is -3.06. The van der Waals surface area contributed by atoms with Crippen LogP contribution in [0.3, 0.4) is 0 Å². The quantitative estimate of drug-likeness (QED) is 0.709. The highest BCUT2D eigenvalue weighted by atomic mass is 16.3. The maximum Gasteiger partial charge on any atom is 0.237 e. The first-order valence-electron chi connectivity index (χ1n) is 9.35. The van der Waals surface area contributed by atoms with Gasteiger partial charge < -0.3 is 19.5 Å². The number of benzene rings is 1. The van der Waals surface area contributed by atoms with Crippen LogP contribution in [0.2, 0.25) is 0 Å². The average molecular weight is 381 g/mol. The summed E-state index contributed by atoms with van der Waals surface area (Å²) in [5.41, 5.74) is 1.46. The molecule has 3 heterocycles. The molecular formula is C21H23N3O4. The molecule has 28 heavy (non-hydrogen) atoms. The molecule has 2 amide bonds. The number of furan rings is 2. The zero-order chi connectivity index (χ0) is 19.7. The standard InChI is InChI=1S/C21H23N3O4/c1-13-3-5-17(27-13)12-24-8-7-22-21(26)18(24)11-20(25)23-16-4-6-19-15(10-16)9-14(2)28-19/h3-6,9-10,18H,7-8,11-12H2,1-2H3,(H,22,26)(H,23,25)/t18-/m0/s1. The minimum atomic E-state index is -0.529. The number of rotatable bonds is 5. The topological polar surface area (TPSA) is 87.7 Å². The fourth-order valence-corrected chi connectivity index (χ4v) is 3.58. The van der Waals surface area contributed by atoms with Crippen LogP contribution < -0.4 is 10.6 Å². The highest BCUT2D eigenvalue weighted by Gasteiger charge is 2.32. The molecule has 0 aliphatic carbocycles. The molecule has 1 aliphatic rings. The number of carbonyl (C=O) groups excluding carboxylic acids is 2. The first-order valence-corrected chi connectivity index (χ1v) is 9.35. The van der Waals surface area contributed by atoms with Crippen LogP contribution in [0.1, 0.15) is 23.7 Å². The molecular weight excluding hydrogens is 358 g/mol. The molecule has 7 nitrogen and oxygen atoms in total. The van der Waals surface area contributed by atoms with Crippen molar-refractivity contribution in [2.75, 3.05) is 18.4 Å². The number of hydrogen-bond acceptors (Lipinski definition) is 5. The summed E-state index contributed by atoms with van der Waals surface area (Å²) in [4.78, 5) is 27.0. The molecule has 3 aromatic rings. The Labute approximate surface area is 162 Å². The summed E-state index contributed by atoms with van der Waals surface area (Å²) in [5, 5.41) is 6.67. The molecule has 7 heteroatoms. The molecule has 1 aliphatic heterocycles. The minimum absolute atomic E-state index is 0.0774. The van der Waals surface area contributed by atoms with Crippen molar-refractivity contribution in [1.29, 1.82) is 0 Å². The zero-order valence-electron chi connectivity index (χ0n) is 16.0. The summed E-state index contributed by atoms with van der Waals surface area (Å²) in [6.45, 7) is 5.50. The van der Waals surface area contributed by atoms with Gasteiger partial charge in [0.25, 0.3) is 0 Å². The molecule has 4 rings (SSSR count). The summed E-state index contributed by atoms with van der Waals surface area (Å²) in [6.07, 6.45) is 0.0774. The van der Waals surface area contributed by atoms with Crippen molar-refractivity contribution in [3.8, 4) is 0 Å². The van der Waals surface area contributed by atoms with E-state index in [0.717, 1.165) is 28.2 Å². The van der Waals surface area contributed by atoms with Gasteiger partial charge in [0.15, 0.2) is 0 Å². The third-order valence-corrected chi connectivity index (χ3v) is 4.90. The highest BCUT2D eigenvalue weighted by Crippen LogP contribution is 2.23. The minimum Gasteiger partial charge on any atom is -0.465 e. The molecule has 146 valence electrons. The van der Waals surface area contributed by atoms with Gasteiger partial charge in [0, 0.05) is 24.2 Å². The Balaban J connectivity index is 1.44. The van der Waals surface area contributed by atoms with Crippen molar-refractivity contribution in [2.45, 2.75) is 32.9 Å². The van der Waals surface area contributed by atoms with Gasteiger partial charge in [-0.05, 0) is 50.2 Å². The van der Waals surface area contributed by atoms with E-state index in [2.05, 4.69) is 10.6 Å². The summed E-state index contributed by atoms with van der Waals surface area (Å²) >= 11 is 0. The van der Waals surface area contributed by atoms with Crippen molar-refractivity contribution >= 4 is 28.5 Å². The van der Waals surface area contributed by atoms with Crippen LogP contribution in [0.25, 0.3) is 11.0 Å².